The molecule has 1 saturated heterocycles. The van der Waals surface area contributed by atoms with E-state index >= 15 is 0 Å². The number of aromatic nitrogens is 1. The molecule has 2 heterocycles. The Morgan fingerprint density at radius 2 is 2.11 bits per heavy atom. The topological polar surface area (TPSA) is 79.4 Å². The first-order valence-electron chi connectivity index (χ1n) is 5.68. The van der Waals surface area contributed by atoms with Crippen LogP contribution in [0.2, 0.25) is 0 Å². The molecule has 18 heavy (non-hydrogen) atoms. The lowest BCUT2D eigenvalue weighted by Crippen LogP contribution is -2.59. The van der Waals surface area contributed by atoms with Crippen molar-refractivity contribution in [1.82, 2.24) is 15.2 Å². The number of nitrogens with one attached hydrogen (secondary N) is 1. The van der Waals surface area contributed by atoms with E-state index in [0.29, 0.717) is 12.0 Å². The fourth-order valence-electron chi connectivity index (χ4n) is 1.95. The molecule has 0 spiro atoms. The number of nitrogens with zero attached hydrogens (tertiary/aromatic N) is 2. The minimum absolute atomic E-state index is 0.0919. The van der Waals surface area contributed by atoms with E-state index in [9.17, 15) is 14.4 Å². The second-order valence-corrected chi connectivity index (χ2v) is 4.01. The van der Waals surface area contributed by atoms with Gasteiger partial charge in [0.25, 0.3) is 5.91 Å². The van der Waals surface area contributed by atoms with Crippen molar-refractivity contribution >= 4 is 17.7 Å². The molecule has 1 N–H and O–H groups in total. The molecule has 2 rings (SSSR count). The number of carbonyl (C=O) groups is 3. The van der Waals surface area contributed by atoms with Gasteiger partial charge in [0.05, 0.1) is 0 Å². The van der Waals surface area contributed by atoms with Gasteiger partial charge in [-0.15, -0.1) is 0 Å². The van der Waals surface area contributed by atoms with Crippen LogP contribution in [0.1, 0.15) is 23.7 Å². The molecule has 1 atom stereocenters. The molecular formula is C12H13N3O3. The van der Waals surface area contributed by atoms with Crippen molar-refractivity contribution < 1.29 is 14.4 Å². The Labute approximate surface area is 104 Å². The number of hydrogen-bond donors (Lipinski definition) is 1. The van der Waals surface area contributed by atoms with Crippen LogP contribution in [-0.2, 0) is 9.59 Å². The molecule has 3 amide bonds. The predicted octanol–water partition coefficient (Wildman–Crippen LogP) is -0.0412. The van der Waals surface area contributed by atoms with E-state index in [-0.39, 0.29) is 12.5 Å². The number of pyridine rings is 1. The maximum absolute atomic E-state index is 12.2. The van der Waals surface area contributed by atoms with E-state index in [0.717, 1.165) is 0 Å². The van der Waals surface area contributed by atoms with Gasteiger partial charge >= 0.3 is 0 Å². The van der Waals surface area contributed by atoms with Crippen molar-refractivity contribution in [3.05, 3.63) is 30.1 Å². The molecule has 0 aliphatic carbocycles. The molecule has 1 aliphatic rings. The molecule has 94 valence electrons. The van der Waals surface area contributed by atoms with Crippen molar-refractivity contribution in [2.45, 2.75) is 19.4 Å². The molecule has 1 aromatic heterocycles. The van der Waals surface area contributed by atoms with Gasteiger partial charge in [0.15, 0.2) is 0 Å². The summed E-state index contributed by atoms with van der Waals surface area (Å²) in [7, 11) is 0. The third-order valence-electron chi connectivity index (χ3n) is 2.83. The number of hydrogen-bond acceptors (Lipinski definition) is 4. The van der Waals surface area contributed by atoms with Gasteiger partial charge in [0, 0.05) is 18.0 Å². The summed E-state index contributed by atoms with van der Waals surface area (Å²) in [6.45, 7) is 1.71. The number of piperazine rings is 1. The highest BCUT2D eigenvalue weighted by Crippen LogP contribution is 2.13. The number of rotatable bonds is 2. The van der Waals surface area contributed by atoms with Gasteiger partial charge in [0.1, 0.15) is 12.6 Å². The van der Waals surface area contributed by atoms with Crippen molar-refractivity contribution in [1.29, 1.82) is 0 Å². The van der Waals surface area contributed by atoms with Gasteiger partial charge in [0.2, 0.25) is 11.8 Å². The monoisotopic (exact) mass is 247 g/mol. The summed E-state index contributed by atoms with van der Waals surface area (Å²) < 4.78 is 0. The zero-order chi connectivity index (χ0) is 13.1. The van der Waals surface area contributed by atoms with Gasteiger partial charge in [-0.2, -0.15) is 0 Å². The molecule has 6 nitrogen and oxygen atoms in total. The molecule has 1 aromatic rings. The van der Waals surface area contributed by atoms with Gasteiger partial charge in [-0.05, 0) is 18.6 Å². The molecule has 1 unspecified atom stereocenters. The second kappa shape index (κ2) is 4.95. The third-order valence-corrected chi connectivity index (χ3v) is 2.83. The quantitative estimate of drug-likeness (QED) is 0.744. The van der Waals surface area contributed by atoms with Crippen molar-refractivity contribution in [3.63, 3.8) is 0 Å². The molecule has 6 heteroatoms. The largest absolute Gasteiger partial charge is 0.317 e. The van der Waals surface area contributed by atoms with E-state index in [4.69, 9.17) is 0 Å². The first-order valence-corrected chi connectivity index (χ1v) is 5.68. The smallest absolute Gasteiger partial charge is 0.255 e. The minimum atomic E-state index is -0.594. The lowest BCUT2D eigenvalue weighted by atomic mass is 10.1. The SMILES string of the molecule is CCC1C(=O)NC(=O)CN1C(=O)c1ccncc1. The Bertz CT molecular complexity index is 487. The van der Waals surface area contributed by atoms with Crippen LogP contribution in [0, 0.1) is 0 Å². The normalized spacial score (nSPS) is 19.6. The van der Waals surface area contributed by atoms with Crippen LogP contribution in [-0.4, -0.2) is 40.2 Å². The lowest BCUT2D eigenvalue weighted by molar-refractivity contribution is -0.138. The maximum Gasteiger partial charge on any atom is 0.255 e. The number of imide groups is 1. The van der Waals surface area contributed by atoms with E-state index in [1.807, 2.05) is 0 Å². The molecule has 0 aromatic carbocycles. The van der Waals surface area contributed by atoms with Crippen LogP contribution in [0.15, 0.2) is 24.5 Å². The zero-order valence-electron chi connectivity index (χ0n) is 9.92. The standard InChI is InChI=1S/C12H13N3O3/c1-2-9-11(17)14-10(16)7-15(9)12(18)8-3-5-13-6-4-8/h3-6,9H,2,7H2,1H3,(H,14,16,17). The lowest BCUT2D eigenvalue weighted by Gasteiger charge is -2.33. The molecule has 1 aliphatic heterocycles. The van der Waals surface area contributed by atoms with Crippen molar-refractivity contribution in [2.75, 3.05) is 6.54 Å². The van der Waals surface area contributed by atoms with Gasteiger partial charge in [-0.1, -0.05) is 6.92 Å². The van der Waals surface area contributed by atoms with Crippen LogP contribution >= 0.6 is 0 Å². The summed E-state index contributed by atoms with van der Waals surface area (Å²) in [5.74, 6) is -1.20. The Hall–Kier alpha value is -2.24. The van der Waals surface area contributed by atoms with E-state index in [1.54, 1.807) is 19.1 Å². The summed E-state index contributed by atoms with van der Waals surface area (Å²) in [6, 6.07) is 2.53. The second-order valence-electron chi connectivity index (χ2n) is 4.01. The molecular weight excluding hydrogens is 234 g/mol. The molecule has 0 saturated carbocycles. The average molecular weight is 247 g/mol. The predicted molar refractivity (Wildman–Crippen MR) is 62.5 cm³/mol. The van der Waals surface area contributed by atoms with Crippen molar-refractivity contribution in [3.8, 4) is 0 Å². The Morgan fingerprint density at radius 1 is 1.44 bits per heavy atom. The summed E-state index contributed by atoms with van der Waals surface area (Å²) >= 11 is 0. The molecule has 1 fully saturated rings. The van der Waals surface area contributed by atoms with Crippen LogP contribution in [0.4, 0.5) is 0 Å². The Kier molecular flexibility index (Phi) is 3.36. The van der Waals surface area contributed by atoms with Crippen LogP contribution in [0.5, 0.6) is 0 Å². The van der Waals surface area contributed by atoms with E-state index in [2.05, 4.69) is 10.3 Å². The summed E-state index contributed by atoms with van der Waals surface area (Å²) in [5, 5.41) is 2.23. The number of amides is 3. The highest BCUT2D eigenvalue weighted by molar-refractivity contribution is 6.07. The van der Waals surface area contributed by atoms with Crippen LogP contribution in [0.3, 0.4) is 0 Å². The zero-order valence-corrected chi connectivity index (χ0v) is 9.92. The van der Waals surface area contributed by atoms with Crippen molar-refractivity contribution in [2.24, 2.45) is 0 Å². The van der Waals surface area contributed by atoms with Crippen LogP contribution in [0.25, 0.3) is 0 Å². The van der Waals surface area contributed by atoms with Gasteiger partial charge < -0.3 is 4.90 Å². The summed E-state index contributed by atoms with van der Waals surface area (Å²) in [5.41, 5.74) is 0.422. The molecule has 0 bridgehead atoms. The van der Waals surface area contributed by atoms with Gasteiger partial charge in [-0.25, -0.2) is 0 Å². The Balaban J connectivity index is 2.27. The number of carbonyl (C=O) groups excluding carboxylic acids is 3. The highest BCUT2D eigenvalue weighted by Gasteiger charge is 2.35. The fraction of sp³-hybridized carbons (Fsp3) is 0.333. The summed E-state index contributed by atoms with van der Waals surface area (Å²) in [4.78, 5) is 40.3. The minimum Gasteiger partial charge on any atom is -0.317 e. The van der Waals surface area contributed by atoms with E-state index in [1.165, 1.54) is 17.3 Å². The Morgan fingerprint density at radius 3 is 2.72 bits per heavy atom. The third kappa shape index (κ3) is 2.22. The fourth-order valence-corrected chi connectivity index (χ4v) is 1.95. The summed E-state index contributed by atoms with van der Waals surface area (Å²) in [6.07, 6.45) is 3.47. The van der Waals surface area contributed by atoms with E-state index < -0.39 is 17.9 Å². The maximum atomic E-state index is 12.2. The first kappa shape index (κ1) is 12.2. The van der Waals surface area contributed by atoms with Crippen LogP contribution < -0.4 is 5.32 Å². The highest BCUT2D eigenvalue weighted by atomic mass is 16.2. The molecule has 0 radical (unpaired) electrons. The first-order chi connectivity index (χ1) is 8.63. The van der Waals surface area contributed by atoms with Gasteiger partial charge in [-0.3, -0.25) is 24.7 Å². The average Bonchev–Trinajstić information content (AvgIpc) is 2.38.